The molecule has 1 aliphatic rings. The highest BCUT2D eigenvalue weighted by Gasteiger charge is 2.06. The van der Waals surface area contributed by atoms with E-state index in [0.717, 1.165) is 0 Å². The average molecular weight is 158 g/mol. The van der Waals surface area contributed by atoms with Gasteiger partial charge in [-0.3, -0.25) is 0 Å². The molecule has 0 saturated carbocycles. The Morgan fingerprint density at radius 2 is 2.42 bits per heavy atom. The summed E-state index contributed by atoms with van der Waals surface area (Å²) in [6, 6.07) is 0. The van der Waals surface area contributed by atoms with Crippen LogP contribution in [-0.4, -0.2) is 22.0 Å². The molecule has 0 aromatic carbocycles. The number of allylic oxidation sites excluding steroid dienone is 4. The van der Waals surface area contributed by atoms with E-state index in [2.05, 4.69) is 26.8 Å². The lowest BCUT2D eigenvalue weighted by atomic mass is 9.27. The van der Waals surface area contributed by atoms with Gasteiger partial charge in [0.05, 0.1) is 22.0 Å². The molecule has 0 fully saturated rings. The van der Waals surface area contributed by atoms with Gasteiger partial charge in [0.15, 0.2) is 0 Å². The third kappa shape index (κ3) is 2.62. The summed E-state index contributed by atoms with van der Waals surface area (Å²) in [5.41, 5.74) is 3.30. The van der Waals surface area contributed by atoms with Crippen molar-refractivity contribution < 1.29 is 0 Å². The van der Waals surface area contributed by atoms with Crippen molar-refractivity contribution in [3.8, 4) is 0 Å². The second-order valence-corrected chi connectivity index (χ2v) is 3.55. The topological polar surface area (TPSA) is 0 Å². The van der Waals surface area contributed by atoms with Crippen LogP contribution in [0.1, 0.15) is 26.2 Å². The van der Waals surface area contributed by atoms with E-state index in [1.165, 1.54) is 39.8 Å². The van der Waals surface area contributed by atoms with E-state index in [9.17, 15) is 0 Å². The molecule has 12 heavy (non-hydrogen) atoms. The second kappa shape index (κ2) is 5.34. The fraction of sp³-hybridized carbons (Fsp3) is 0.556. The zero-order valence-electron chi connectivity index (χ0n) is 8.40. The maximum absolute atomic E-state index is 2.31. The van der Waals surface area contributed by atoms with Crippen LogP contribution >= 0.6 is 0 Å². The Bertz CT molecular complexity index is 194. The standard InChI is InChI=1S/C9H17B3/c1-2-8-4-3-5-9(8)6-7-11-12-10/h3-4,11-12H,2,5-7,10H2,1H3. The summed E-state index contributed by atoms with van der Waals surface area (Å²) in [6.07, 6.45) is 9.78. The van der Waals surface area contributed by atoms with Crippen LogP contribution in [0, 0.1) is 0 Å². The van der Waals surface area contributed by atoms with Crippen molar-refractivity contribution in [3.63, 3.8) is 0 Å². The number of rotatable bonds is 5. The van der Waals surface area contributed by atoms with Gasteiger partial charge in [0.25, 0.3) is 0 Å². The van der Waals surface area contributed by atoms with Gasteiger partial charge < -0.3 is 0 Å². The van der Waals surface area contributed by atoms with Crippen molar-refractivity contribution >= 4 is 22.0 Å². The molecule has 0 bridgehead atoms. The van der Waals surface area contributed by atoms with Gasteiger partial charge >= 0.3 is 0 Å². The van der Waals surface area contributed by atoms with Crippen LogP contribution in [0.15, 0.2) is 23.3 Å². The molecule has 0 saturated heterocycles. The summed E-state index contributed by atoms with van der Waals surface area (Å²) in [4.78, 5) is 0. The highest BCUT2D eigenvalue weighted by atomic mass is 14.1. The fourth-order valence-corrected chi connectivity index (χ4v) is 1.81. The van der Waals surface area contributed by atoms with Crippen molar-refractivity contribution in [2.75, 3.05) is 0 Å². The Labute approximate surface area is 78.4 Å². The predicted molar refractivity (Wildman–Crippen MR) is 63.3 cm³/mol. The van der Waals surface area contributed by atoms with Gasteiger partial charge in [-0.15, -0.1) is 0 Å². The molecule has 1 rings (SSSR count). The Balaban J connectivity index is 2.31. The fourth-order valence-electron chi connectivity index (χ4n) is 1.81. The molecule has 3 heteroatoms. The highest BCUT2D eigenvalue weighted by molar-refractivity contribution is 7.23. The molecule has 1 aliphatic carbocycles. The van der Waals surface area contributed by atoms with Crippen LogP contribution in [0.5, 0.6) is 0 Å². The predicted octanol–water partition coefficient (Wildman–Crippen LogP) is 0.797. The maximum Gasteiger partial charge on any atom is 0.0784 e. The lowest BCUT2D eigenvalue weighted by Crippen LogP contribution is -2.02. The first-order valence-electron chi connectivity index (χ1n) is 5.26. The van der Waals surface area contributed by atoms with Crippen LogP contribution in [0.3, 0.4) is 0 Å². The van der Waals surface area contributed by atoms with Crippen molar-refractivity contribution in [2.45, 2.75) is 32.5 Å². The zero-order chi connectivity index (χ0) is 8.81. The summed E-state index contributed by atoms with van der Waals surface area (Å²) < 4.78 is 0. The first-order chi connectivity index (χ1) is 5.88. The molecule has 0 unspecified atom stereocenters. The van der Waals surface area contributed by atoms with Gasteiger partial charge in [0.1, 0.15) is 0 Å². The van der Waals surface area contributed by atoms with Gasteiger partial charge in [0, 0.05) is 0 Å². The molecule has 0 heterocycles. The largest absolute Gasteiger partial charge is 0.0816 e. The first kappa shape index (κ1) is 9.76. The van der Waals surface area contributed by atoms with Crippen molar-refractivity contribution in [1.82, 2.24) is 0 Å². The minimum absolute atomic E-state index is 1.22. The van der Waals surface area contributed by atoms with Gasteiger partial charge in [0.2, 0.25) is 0 Å². The van der Waals surface area contributed by atoms with Crippen LogP contribution < -0.4 is 0 Å². The Kier molecular flexibility index (Phi) is 4.35. The van der Waals surface area contributed by atoms with E-state index in [1.54, 1.807) is 11.1 Å². The number of hydrogen-bond donors (Lipinski definition) is 0. The molecule has 62 valence electrons. The normalized spacial score (nSPS) is 15.4. The van der Waals surface area contributed by atoms with Gasteiger partial charge in [-0.1, -0.05) is 31.0 Å². The third-order valence-electron chi connectivity index (χ3n) is 2.60. The van der Waals surface area contributed by atoms with Crippen LogP contribution in [0.25, 0.3) is 0 Å². The van der Waals surface area contributed by atoms with Gasteiger partial charge in [-0.05, 0) is 24.8 Å². The van der Waals surface area contributed by atoms with Crippen LogP contribution in [0.4, 0.5) is 0 Å². The highest BCUT2D eigenvalue weighted by Crippen LogP contribution is 2.25. The summed E-state index contributed by atoms with van der Waals surface area (Å²) >= 11 is 0. The van der Waals surface area contributed by atoms with E-state index in [0.29, 0.717) is 0 Å². The molecule has 0 spiro atoms. The van der Waals surface area contributed by atoms with Gasteiger partial charge in [-0.25, -0.2) is 0 Å². The first-order valence-corrected chi connectivity index (χ1v) is 5.26. The van der Waals surface area contributed by atoms with E-state index in [-0.39, 0.29) is 0 Å². The lowest BCUT2D eigenvalue weighted by Gasteiger charge is -2.03. The van der Waals surface area contributed by atoms with Gasteiger partial charge in [-0.2, -0.15) is 0 Å². The smallest absolute Gasteiger partial charge is 0.0784 e. The third-order valence-corrected chi connectivity index (χ3v) is 2.60. The van der Waals surface area contributed by atoms with E-state index in [4.69, 9.17) is 0 Å². The monoisotopic (exact) mass is 158 g/mol. The average Bonchev–Trinajstić information content (AvgIpc) is 2.52. The number of hydrogen-bond acceptors (Lipinski definition) is 0. The Hall–Kier alpha value is -0.325. The van der Waals surface area contributed by atoms with Crippen molar-refractivity contribution in [1.29, 1.82) is 0 Å². The SMILES string of the molecule is BBBCCC1=C(CC)C=CC1. The van der Waals surface area contributed by atoms with Crippen molar-refractivity contribution in [2.24, 2.45) is 0 Å². The van der Waals surface area contributed by atoms with Crippen LogP contribution in [0.2, 0.25) is 6.32 Å². The Morgan fingerprint density at radius 1 is 1.58 bits per heavy atom. The van der Waals surface area contributed by atoms with Crippen LogP contribution in [-0.2, 0) is 0 Å². The second-order valence-electron chi connectivity index (χ2n) is 3.55. The molecule has 0 aromatic heterocycles. The zero-order valence-corrected chi connectivity index (χ0v) is 8.40. The Morgan fingerprint density at radius 3 is 3.08 bits per heavy atom. The summed E-state index contributed by atoms with van der Waals surface area (Å²) in [5.74, 6) is 0. The van der Waals surface area contributed by atoms with E-state index < -0.39 is 0 Å². The summed E-state index contributed by atoms with van der Waals surface area (Å²) in [6.45, 7) is 2.25. The molecule has 0 aromatic rings. The molecule has 0 N–H and O–H groups in total. The lowest BCUT2D eigenvalue weighted by molar-refractivity contribution is 0.994. The molecule has 0 amide bonds. The van der Waals surface area contributed by atoms with E-state index >= 15 is 0 Å². The van der Waals surface area contributed by atoms with Crippen molar-refractivity contribution in [3.05, 3.63) is 23.3 Å². The minimum Gasteiger partial charge on any atom is -0.0816 e. The molecule has 0 aliphatic heterocycles. The molecule has 0 nitrogen and oxygen atoms in total. The molecule has 0 radical (unpaired) electrons. The molecule has 0 atom stereocenters. The molecular weight excluding hydrogens is 141 g/mol. The summed E-state index contributed by atoms with van der Waals surface area (Å²) in [7, 11) is 4.99. The maximum atomic E-state index is 2.31. The minimum atomic E-state index is 1.22. The molecular formula is C9H17B3. The van der Waals surface area contributed by atoms with E-state index in [1.807, 2.05) is 0 Å². The quantitative estimate of drug-likeness (QED) is 0.409. The summed E-state index contributed by atoms with van der Waals surface area (Å²) in [5, 5.41) is 0.